The number of non-ortho nitro benzene ring substituents is 1. The van der Waals surface area contributed by atoms with E-state index in [1.165, 1.54) is 36.4 Å². The predicted octanol–water partition coefficient (Wildman–Crippen LogP) is 2.71. The van der Waals surface area contributed by atoms with Crippen LogP contribution in [0, 0.1) is 17.0 Å². The van der Waals surface area contributed by atoms with E-state index in [0.717, 1.165) is 5.56 Å². The van der Waals surface area contributed by atoms with Crippen LogP contribution in [0.1, 0.15) is 12.5 Å². The first-order valence-corrected chi connectivity index (χ1v) is 9.98. The standard InChI is InChI=1S/C19H20N2O7S/c1-4-27-19(22)14(3)18(28-16-9-7-15(8-10-16)21(23)24)20-29(25,26)17-11-5-13(2)6-12-17/h5-12,18,20H,3-4H2,1-2H3. The summed E-state index contributed by atoms with van der Waals surface area (Å²) in [6.07, 6.45) is -1.48. The van der Waals surface area contributed by atoms with Crippen LogP contribution < -0.4 is 9.46 Å². The minimum atomic E-state index is -4.06. The lowest BCUT2D eigenvalue weighted by atomic mass is 10.2. The topological polar surface area (TPSA) is 125 Å². The molecule has 0 fully saturated rings. The SMILES string of the molecule is C=C(C(=O)OCC)C(NS(=O)(=O)c1ccc(C)cc1)Oc1ccc([N+](=O)[O-])cc1. The Bertz CT molecular complexity index is 1000. The Kier molecular flexibility index (Phi) is 7.08. The van der Waals surface area contributed by atoms with Gasteiger partial charge in [0.05, 0.1) is 22.0 Å². The Morgan fingerprint density at radius 3 is 2.28 bits per heavy atom. The Morgan fingerprint density at radius 1 is 1.17 bits per heavy atom. The number of ether oxygens (including phenoxy) is 2. The van der Waals surface area contributed by atoms with Crippen molar-refractivity contribution in [2.75, 3.05) is 6.61 Å². The molecule has 0 radical (unpaired) electrons. The highest BCUT2D eigenvalue weighted by molar-refractivity contribution is 7.89. The molecule has 0 aliphatic carbocycles. The summed E-state index contributed by atoms with van der Waals surface area (Å²) in [4.78, 5) is 22.2. The van der Waals surface area contributed by atoms with Crippen molar-refractivity contribution in [1.29, 1.82) is 0 Å². The Hall–Kier alpha value is -3.24. The maximum atomic E-state index is 12.7. The minimum Gasteiger partial charge on any atom is -0.470 e. The quantitative estimate of drug-likeness (QED) is 0.217. The van der Waals surface area contributed by atoms with Crippen molar-refractivity contribution in [3.63, 3.8) is 0 Å². The zero-order chi connectivity index (χ0) is 21.6. The Balaban J connectivity index is 2.31. The van der Waals surface area contributed by atoms with Crippen molar-refractivity contribution in [3.8, 4) is 5.75 Å². The van der Waals surface area contributed by atoms with Gasteiger partial charge in [-0.05, 0) is 38.1 Å². The lowest BCUT2D eigenvalue weighted by Crippen LogP contribution is -2.42. The number of hydrogen-bond acceptors (Lipinski definition) is 7. The molecule has 2 aromatic rings. The van der Waals surface area contributed by atoms with Gasteiger partial charge in [0.1, 0.15) is 5.75 Å². The molecule has 10 heteroatoms. The third-order valence-corrected chi connectivity index (χ3v) is 5.17. The second-order valence-electron chi connectivity index (χ2n) is 5.93. The van der Waals surface area contributed by atoms with Gasteiger partial charge in [0.2, 0.25) is 10.0 Å². The van der Waals surface area contributed by atoms with Crippen LogP contribution in [0.15, 0.2) is 65.6 Å². The fourth-order valence-electron chi connectivity index (χ4n) is 2.21. The van der Waals surface area contributed by atoms with E-state index >= 15 is 0 Å². The zero-order valence-corrected chi connectivity index (χ0v) is 16.6. The number of carbonyl (C=O) groups is 1. The van der Waals surface area contributed by atoms with Crippen molar-refractivity contribution in [2.24, 2.45) is 0 Å². The second kappa shape index (κ2) is 9.30. The molecule has 154 valence electrons. The van der Waals surface area contributed by atoms with Crippen LogP contribution in [0.2, 0.25) is 0 Å². The molecule has 0 saturated heterocycles. The van der Waals surface area contributed by atoms with Crippen LogP contribution in [-0.4, -0.2) is 32.1 Å². The summed E-state index contributed by atoms with van der Waals surface area (Å²) in [7, 11) is -4.06. The molecule has 0 bridgehead atoms. The average Bonchev–Trinajstić information content (AvgIpc) is 2.67. The zero-order valence-electron chi connectivity index (χ0n) is 15.8. The van der Waals surface area contributed by atoms with E-state index in [9.17, 15) is 23.3 Å². The lowest BCUT2D eigenvalue weighted by Gasteiger charge is -2.21. The number of nitro benzene ring substituents is 1. The highest BCUT2D eigenvalue weighted by Crippen LogP contribution is 2.21. The van der Waals surface area contributed by atoms with Gasteiger partial charge in [0, 0.05) is 12.1 Å². The molecule has 0 aliphatic rings. The monoisotopic (exact) mass is 420 g/mol. The molecule has 9 nitrogen and oxygen atoms in total. The lowest BCUT2D eigenvalue weighted by molar-refractivity contribution is -0.384. The van der Waals surface area contributed by atoms with Crippen LogP contribution in [0.4, 0.5) is 5.69 Å². The number of aryl methyl sites for hydroxylation is 1. The van der Waals surface area contributed by atoms with Gasteiger partial charge in [-0.3, -0.25) is 10.1 Å². The van der Waals surface area contributed by atoms with Gasteiger partial charge in [0.15, 0.2) is 6.23 Å². The van der Waals surface area contributed by atoms with E-state index in [0.29, 0.717) is 0 Å². The largest absolute Gasteiger partial charge is 0.470 e. The third kappa shape index (κ3) is 5.87. The molecule has 0 spiro atoms. The van der Waals surface area contributed by atoms with Gasteiger partial charge < -0.3 is 9.47 Å². The summed E-state index contributed by atoms with van der Waals surface area (Å²) < 4.78 is 38.1. The number of carbonyl (C=O) groups excluding carboxylic acids is 1. The van der Waals surface area contributed by atoms with Crippen molar-refractivity contribution in [2.45, 2.75) is 25.0 Å². The van der Waals surface area contributed by atoms with E-state index in [-0.39, 0.29) is 28.5 Å². The maximum Gasteiger partial charge on any atom is 0.338 e. The van der Waals surface area contributed by atoms with Gasteiger partial charge in [-0.1, -0.05) is 24.3 Å². The van der Waals surface area contributed by atoms with E-state index < -0.39 is 27.1 Å². The van der Waals surface area contributed by atoms with Crippen molar-refractivity contribution < 1.29 is 27.6 Å². The van der Waals surface area contributed by atoms with Crippen LogP contribution in [0.5, 0.6) is 5.75 Å². The molecule has 0 heterocycles. The molecule has 0 saturated carbocycles. The smallest absolute Gasteiger partial charge is 0.338 e. The van der Waals surface area contributed by atoms with Gasteiger partial charge in [-0.2, -0.15) is 4.72 Å². The van der Waals surface area contributed by atoms with E-state index in [4.69, 9.17) is 9.47 Å². The molecular weight excluding hydrogens is 400 g/mol. The van der Waals surface area contributed by atoms with Gasteiger partial charge >= 0.3 is 5.97 Å². The fourth-order valence-corrected chi connectivity index (χ4v) is 3.31. The molecule has 0 aromatic heterocycles. The Morgan fingerprint density at radius 2 is 1.76 bits per heavy atom. The molecule has 2 aromatic carbocycles. The van der Waals surface area contributed by atoms with Gasteiger partial charge in [0.25, 0.3) is 5.69 Å². The van der Waals surface area contributed by atoms with Crippen LogP contribution >= 0.6 is 0 Å². The van der Waals surface area contributed by atoms with Crippen LogP contribution in [0.3, 0.4) is 0 Å². The molecular formula is C19H20N2O7S. The predicted molar refractivity (Wildman–Crippen MR) is 105 cm³/mol. The molecule has 1 unspecified atom stereocenters. The molecule has 29 heavy (non-hydrogen) atoms. The number of nitrogens with one attached hydrogen (secondary N) is 1. The first kappa shape index (κ1) is 22.1. The minimum absolute atomic E-state index is 0.0305. The summed E-state index contributed by atoms with van der Waals surface area (Å²) in [6.45, 7) is 7.04. The van der Waals surface area contributed by atoms with E-state index in [1.54, 1.807) is 19.1 Å². The van der Waals surface area contributed by atoms with Gasteiger partial charge in [-0.25, -0.2) is 13.2 Å². The summed E-state index contributed by atoms with van der Waals surface area (Å²) in [5, 5.41) is 10.8. The maximum absolute atomic E-state index is 12.7. The first-order chi connectivity index (χ1) is 13.6. The number of sulfonamides is 1. The average molecular weight is 420 g/mol. The van der Waals surface area contributed by atoms with Crippen LogP contribution in [-0.2, 0) is 19.6 Å². The van der Waals surface area contributed by atoms with E-state index in [2.05, 4.69) is 11.3 Å². The molecule has 0 aliphatic heterocycles. The number of hydrogen-bond donors (Lipinski definition) is 1. The summed E-state index contributed by atoms with van der Waals surface area (Å²) in [5.74, 6) is -0.747. The summed E-state index contributed by atoms with van der Waals surface area (Å²) in [5.41, 5.74) is 0.429. The molecule has 0 amide bonds. The molecule has 2 rings (SSSR count). The number of nitrogens with zero attached hydrogens (tertiary/aromatic N) is 1. The first-order valence-electron chi connectivity index (χ1n) is 8.50. The summed E-state index contributed by atoms with van der Waals surface area (Å²) in [6, 6.07) is 11.0. The van der Waals surface area contributed by atoms with E-state index in [1.807, 2.05) is 6.92 Å². The normalized spacial score (nSPS) is 12.1. The van der Waals surface area contributed by atoms with Crippen LogP contribution in [0.25, 0.3) is 0 Å². The number of esters is 1. The third-order valence-electron chi connectivity index (χ3n) is 3.75. The highest BCUT2D eigenvalue weighted by Gasteiger charge is 2.28. The highest BCUT2D eigenvalue weighted by atomic mass is 32.2. The van der Waals surface area contributed by atoms with Crippen molar-refractivity contribution >= 4 is 21.7 Å². The number of benzene rings is 2. The summed E-state index contributed by atoms with van der Waals surface area (Å²) >= 11 is 0. The Labute approximate surface area is 168 Å². The molecule has 1 N–H and O–H groups in total. The van der Waals surface area contributed by atoms with Crippen molar-refractivity contribution in [3.05, 3.63) is 76.4 Å². The fraction of sp³-hybridized carbons (Fsp3) is 0.211. The number of rotatable bonds is 9. The van der Waals surface area contributed by atoms with Crippen molar-refractivity contribution in [1.82, 2.24) is 4.72 Å². The number of nitro groups is 1. The molecule has 1 atom stereocenters. The van der Waals surface area contributed by atoms with Gasteiger partial charge in [-0.15, -0.1) is 0 Å². The second-order valence-corrected chi connectivity index (χ2v) is 7.64.